The normalized spacial score (nSPS) is 22.0. The molecule has 2 rings (SSSR count). The maximum Gasteiger partial charge on any atom is 0.323 e. The molecule has 0 amide bonds. The third-order valence-electron chi connectivity index (χ3n) is 3.14. The molecule has 0 aliphatic carbocycles. The predicted molar refractivity (Wildman–Crippen MR) is 69.3 cm³/mol. The van der Waals surface area contributed by atoms with Gasteiger partial charge in [0.15, 0.2) is 5.78 Å². The number of ether oxygens (including phenoxy) is 2. The molecule has 1 N–H and O–H groups in total. The molecule has 1 fully saturated rings. The summed E-state index contributed by atoms with van der Waals surface area (Å²) in [6, 6.07) is 6.70. The van der Waals surface area contributed by atoms with Crippen molar-refractivity contribution in [3.8, 4) is 5.75 Å². The third-order valence-corrected chi connectivity index (χ3v) is 3.14. The molecule has 0 radical (unpaired) electrons. The van der Waals surface area contributed by atoms with Crippen molar-refractivity contribution < 1.29 is 19.1 Å². The van der Waals surface area contributed by atoms with E-state index in [4.69, 9.17) is 4.74 Å². The molecule has 19 heavy (non-hydrogen) atoms. The first-order valence-corrected chi connectivity index (χ1v) is 6.19. The van der Waals surface area contributed by atoms with E-state index in [1.807, 2.05) is 0 Å². The van der Waals surface area contributed by atoms with Crippen molar-refractivity contribution >= 4 is 11.8 Å². The summed E-state index contributed by atoms with van der Waals surface area (Å²) >= 11 is 0. The molecular formula is C14H17NO4. The highest BCUT2D eigenvalue weighted by molar-refractivity contribution is 5.94. The number of Topliss-reactive ketones (excluding diaryl/α,β-unsaturated/α-hetero) is 1. The van der Waals surface area contributed by atoms with Crippen molar-refractivity contribution in [1.29, 1.82) is 0 Å². The van der Waals surface area contributed by atoms with E-state index in [1.165, 1.54) is 14.0 Å². The summed E-state index contributed by atoms with van der Waals surface area (Å²) in [5.74, 6) is 0.459. The summed E-state index contributed by atoms with van der Waals surface area (Å²) in [4.78, 5) is 22.5. The summed E-state index contributed by atoms with van der Waals surface area (Å²) in [5.41, 5.74) is 0.657. The van der Waals surface area contributed by atoms with Crippen LogP contribution in [0, 0.1) is 0 Å². The first kappa shape index (κ1) is 13.5. The molecule has 2 atom stereocenters. The van der Waals surface area contributed by atoms with Crippen LogP contribution in [0.1, 0.15) is 23.7 Å². The average Bonchev–Trinajstić information content (AvgIpc) is 2.87. The average molecular weight is 263 g/mol. The first-order valence-electron chi connectivity index (χ1n) is 6.19. The number of hydrogen-bond acceptors (Lipinski definition) is 5. The molecule has 1 heterocycles. The molecule has 5 nitrogen and oxygen atoms in total. The molecular weight excluding hydrogens is 246 g/mol. The number of carbonyl (C=O) groups is 2. The summed E-state index contributed by atoms with van der Waals surface area (Å²) in [7, 11) is 1.37. The van der Waals surface area contributed by atoms with E-state index >= 15 is 0 Å². The SMILES string of the molecule is COC(=O)[C@@H]1C[C@@H](Oc2ccc(C(C)=O)cc2)CN1. The second-order valence-corrected chi connectivity index (χ2v) is 4.54. The topological polar surface area (TPSA) is 64.6 Å². The molecule has 0 spiro atoms. The van der Waals surface area contributed by atoms with Gasteiger partial charge in [-0.25, -0.2) is 0 Å². The number of methoxy groups -OCH3 is 1. The Hall–Kier alpha value is -1.88. The Morgan fingerprint density at radius 3 is 2.53 bits per heavy atom. The van der Waals surface area contributed by atoms with Crippen LogP contribution in [0.5, 0.6) is 5.75 Å². The van der Waals surface area contributed by atoms with E-state index in [0.717, 1.165) is 0 Å². The van der Waals surface area contributed by atoms with Crippen LogP contribution in [-0.2, 0) is 9.53 Å². The van der Waals surface area contributed by atoms with E-state index in [9.17, 15) is 9.59 Å². The van der Waals surface area contributed by atoms with Crippen molar-refractivity contribution in [2.45, 2.75) is 25.5 Å². The molecule has 0 bridgehead atoms. The van der Waals surface area contributed by atoms with Crippen LogP contribution in [0.25, 0.3) is 0 Å². The number of rotatable bonds is 4. The lowest BCUT2D eigenvalue weighted by atomic mass is 10.1. The van der Waals surface area contributed by atoms with Crippen LogP contribution in [0.2, 0.25) is 0 Å². The van der Waals surface area contributed by atoms with Crippen LogP contribution in [0.4, 0.5) is 0 Å². The van der Waals surface area contributed by atoms with Crippen molar-refractivity contribution in [2.75, 3.05) is 13.7 Å². The number of hydrogen-bond donors (Lipinski definition) is 1. The highest BCUT2D eigenvalue weighted by atomic mass is 16.5. The van der Waals surface area contributed by atoms with Gasteiger partial charge in [0.2, 0.25) is 0 Å². The van der Waals surface area contributed by atoms with Gasteiger partial charge in [-0.05, 0) is 31.2 Å². The standard InChI is InChI=1S/C14H17NO4/c1-9(16)10-3-5-11(6-4-10)19-12-7-13(15-8-12)14(17)18-2/h3-6,12-13,15H,7-8H2,1-2H3/t12-,13+/m1/s1. The lowest BCUT2D eigenvalue weighted by molar-refractivity contribution is -0.142. The summed E-state index contributed by atoms with van der Waals surface area (Å²) in [6.45, 7) is 2.13. The van der Waals surface area contributed by atoms with Crippen molar-refractivity contribution in [2.24, 2.45) is 0 Å². The molecule has 1 saturated heterocycles. The van der Waals surface area contributed by atoms with Crippen LogP contribution in [0.3, 0.4) is 0 Å². The van der Waals surface area contributed by atoms with Crippen LogP contribution in [-0.4, -0.2) is 37.6 Å². The fourth-order valence-corrected chi connectivity index (χ4v) is 2.08. The van der Waals surface area contributed by atoms with Gasteiger partial charge in [0.1, 0.15) is 17.9 Å². The lowest BCUT2D eigenvalue weighted by Gasteiger charge is -2.12. The van der Waals surface area contributed by atoms with Gasteiger partial charge in [-0.1, -0.05) is 0 Å². The Labute approximate surface area is 111 Å². The molecule has 1 aromatic carbocycles. The van der Waals surface area contributed by atoms with Crippen LogP contribution in [0.15, 0.2) is 24.3 Å². The van der Waals surface area contributed by atoms with Gasteiger partial charge in [0.25, 0.3) is 0 Å². The van der Waals surface area contributed by atoms with Gasteiger partial charge >= 0.3 is 5.97 Å². The molecule has 1 aliphatic rings. The lowest BCUT2D eigenvalue weighted by Crippen LogP contribution is -2.31. The minimum atomic E-state index is -0.300. The monoisotopic (exact) mass is 263 g/mol. The fourth-order valence-electron chi connectivity index (χ4n) is 2.08. The van der Waals surface area contributed by atoms with Gasteiger partial charge in [0, 0.05) is 18.5 Å². The Balaban J connectivity index is 1.92. The predicted octanol–water partition coefficient (Wildman–Crippen LogP) is 1.17. The van der Waals surface area contributed by atoms with E-state index in [2.05, 4.69) is 10.1 Å². The minimum Gasteiger partial charge on any atom is -0.489 e. The van der Waals surface area contributed by atoms with Crippen molar-refractivity contribution in [1.82, 2.24) is 5.32 Å². The molecule has 102 valence electrons. The Morgan fingerprint density at radius 2 is 1.95 bits per heavy atom. The van der Waals surface area contributed by atoms with Gasteiger partial charge < -0.3 is 14.8 Å². The number of carbonyl (C=O) groups excluding carboxylic acids is 2. The Bertz CT molecular complexity index is 469. The largest absolute Gasteiger partial charge is 0.489 e. The van der Waals surface area contributed by atoms with Gasteiger partial charge in [0.05, 0.1) is 7.11 Å². The maximum atomic E-state index is 11.4. The maximum absolute atomic E-state index is 11.4. The van der Waals surface area contributed by atoms with Crippen LogP contribution < -0.4 is 10.1 Å². The summed E-state index contributed by atoms with van der Waals surface area (Å²) in [5, 5.41) is 3.05. The van der Waals surface area contributed by atoms with E-state index in [1.54, 1.807) is 24.3 Å². The molecule has 0 saturated carbocycles. The quantitative estimate of drug-likeness (QED) is 0.652. The van der Waals surface area contributed by atoms with Gasteiger partial charge in [-0.2, -0.15) is 0 Å². The second kappa shape index (κ2) is 5.84. The number of ketones is 1. The summed E-state index contributed by atoms with van der Waals surface area (Å²) in [6.07, 6.45) is 0.522. The van der Waals surface area contributed by atoms with Crippen molar-refractivity contribution in [3.63, 3.8) is 0 Å². The van der Waals surface area contributed by atoms with E-state index in [-0.39, 0.29) is 23.9 Å². The third kappa shape index (κ3) is 3.32. The Kier molecular flexibility index (Phi) is 4.16. The van der Waals surface area contributed by atoms with Gasteiger partial charge in [-0.3, -0.25) is 9.59 Å². The molecule has 0 aromatic heterocycles. The first-order chi connectivity index (χ1) is 9.10. The number of benzene rings is 1. The second-order valence-electron chi connectivity index (χ2n) is 4.54. The highest BCUT2D eigenvalue weighted by Gasteiger charge is 2.31. The molecule has 5 heteroatoms. The van der Waals surface area contributed by atoms with Crippen molar-refractivity contribution in [3.05, 3.63) is 29.8 Å². The highest BCUT2D eigenvalue weighted by Crippen LogP contribution is 2.18. The zero-order valence-corrected chi connectivity index (χ0v) is 11.0. The summed E-state index contributed by atoms with van der Waals surface area (Å²) < 4.78 is 10.4. The van der Waals surface area contributed by atoms with Gasteiger partial charge in [-0.15, -0.1) is 0 Å². The van der Waals surface area contributed by atoms with E-state index in [0.29, 0.717) is 24.3 Å². The molecule has 0 unspecified atom stereocenters. The van der Waals surface area contributed by atoms with Crippen LogP contribution >= 0.6 is 0 Å². The minimum absolute atomic E-state index is 0.0276. The zero-order chi connectivity index (χ0) is 13.8. The molecule has 1 aliphatic heterocycles. The number of nitrogens with one attached hydrogen (secondary N) is 1. The van der Waals surface area contributed by atoms with E-state index < -0.39 is 0 Å². The fraction of sp³-hybridized carbons (Fsp3) is 0.429. The smallest absolute Gasteiger partial charge is 0.323 e. The molecule has 1 aromatic rings. The number of esters is 1. The zero-order valence-electron chi connectivity index (χ0n) is 11.0. The Morgan fingerprint density at radius 1 is 1.26 bits per heavy atom.